The monoisotopic (exact) mass is 530 g/mol. The van der Waals surface area contributed by atoms with Gasteiger partial charge in [0, 0.05) is 29.1 Å². The number of amides is 1. The number of methoxy groups -OCH3 is 1. The second-order valence-corrected chi connectivity index (χ2v) is 9.89. The molecule has 0 fully saturated rings. The summed E-state index contributed by atoms with van der Waals surface area (Å²) in [6, 6.07) is 21.4. The Labute approximate surface area is 225 Å². The second kappa shape index (κ2) is 10.7. The third-order valence-corrected chi connectivity index (χ3v) is 7.31. The van der Waals surface area contributed by atoms with E-state index in [1.165, 1.54) is 0 Å². The molecule has 2 atom stereocenters. The fourth-order valence-corrected chi connectivity index (χ4v) is 5.42. The van der Waals surface area contributed by atoms with Crippen molar-refractivity contribution in [3.8, 4) is 5.75 Å². The van der Waals surface area contributed by atoms with Gasteiger partial charge >= 0.3 is 5.97 Å². The maximum atomic E-state index is 14.0. The maximum absolute atomic E-state index is 14.0. The minimum atomic E-state index is -1.06. The summed E-state index contributed by atoms with van der Waals surface area (Å²) in [5.41, 5.74) is 4.23. The maximum Gasteiger partial charge on any atom is 0.303 e. The number of carbonyl (C=O) groups excluding carboxylic acids is 2. The fraction of sp³-hybridized carbons (Fsp3) is 0.233. The lowest BCUT2D eigenvalue weighted by Gasteiger charge is -2.35. The molecule has 0 bridgehead atoms. The van der Waals surface area contributed by atoms with Crippen molar-refractivity contribution < 1.29 is 24.2 Å². The quantitative estimate of drug-likeness (QED) is 0.399. The number of ketones is 1. The molecule has 7 nitrogen and oxygen atoms in total. The molecule has 8 heteroatoms. The van der Waals surface area contributed by atoms with Gasteiger partial charge in [-0.2, -0.15) is 0 Å². The van der Waals surface area contributed by atoms with Crippen molar-refractivity contribution in [3.63, 3.8) is 0 Å². The number of para-hydroxylation sites is 2. The first-order valence-electron chi connectivity index (χ1n) is 12.4. The van der Waals surface area contributed by atoms with Gasteiger partial charge < -0.3 is 15.2 Å². The van der Waals surface area contributed by atoms with E-state index in [0.717, 1.165) is 11.3 Å². The molecular formula is C30H27ClN2O5. The summed E-state index contributed by atoms with van der Waals surface area (Å²) in [6.07, 6.45) is 0.327. The summed E-state index contributed by atoms with van der Waals surface area (Å²) in [4.78, 5) is 40.6. The Morgan fingerprint density at radius 3 is 2.50 bits per heavy atom. The number of rotatable bonds is 6. The molecule has 3 aromatic carbocycles. The van der Waals surface area contributed by atoms with Gasteiger partial charge in [-0.1, -0.05) is 48.0 Å². The Morgan fingerprint density at radius 2 is 1.76 bits per heavy atom. The second-order valence-electron chi connectivity index (χ2n) is 9.45. The number of ether oxygens (including phenoxy) is 1. The number of fused-ring (bicyclic) bond motifs is 1. The van der Waals surface area contributed by atoms with Crippen LogP contribution in [0.15, 0.2) is 84.1 Å². The van der Waals surface area contributed by atoms with Crippen molar-refractivity contribution in [2.45, 2.75) is 37.6 Å². The fourth-order valence-electron chi connectivity index (χ4n) is 5.30. The zero-order valence-corrected chi connectivity index (χ0v) is 21.6. The molecule has 0 spiro atoms. The van der Waals surface area contributed by atoms with E-state index in [9.17, 15) is 19.5 Å². The van der Waals surface area contributed by atoms with E-state index in [1.807, 2.05) is 66.7 Å². The molecule has 194 valence electrons. The van der Waals surface area contributed by atoms with Gasteiger partial charge in [0.15, 0.2) is 5.78 Å². The Balaban J connectivity index is 1.68. The zero-order valence-electron chi connectivity index (χ0n) is 20.8. The molecule has 0 radical (unpaired) electrons. The SMILES string of the molecule is COc1cccc([C@@H]2C3=C(C[C@@H](c4ccc(Cl)cc4)CC3=O)Nc3ccccc3N2C(=O)CCC(=O)O)c1. The van der Waals surface area contributed by atoms with E-state index in [1.54, 1.807) is 18.1 Å². The molecule has 0 unspecified atom stereocenters. The average Bonchev–Trinajstić information content (AvgIpc) is 3.07. The number of carbonyl (C=O) groups is 3. The van der Waals surface area contributed by atoms with E-state index in [0.29, 0.717) is 39.7 Å². The third-order valence-electron chi connectivity index (χ3n) is 7.06. The van der Waals surface area contributed by atoms with Crippen molar-refractivity contribution in [3.05, 3.63) is 100 Å². The number of nitrogens with one attached hydrogen (secondary N) is 1. The molecule has 1 aliphatic carbocycles. The molecular weight excluding hydrogens is 504 g/mol. The topological polar surface area (TPSA) is 95.9 Å². The highest BCUT2D eigenvalue weighted by molar-refractivity contribution is 6.30. The first-order valence-corrected chi connectivity index (χ1v) is 12.8. The van der Waals surface area contributed by atoms with Crippen LogP contribution in [0.25, 0.3) is 0 Å². The van der Waals surface area contributed by atoms with Gasteiger partial charge in [0.1, 0.15) is 5.75 Å². The lowest BCUT2D eigenvalue weighted by atomic mass is 9.78. The number of hydrogen-bond acceptors (Lipinski definition) is 5. The van der Waals surface area contributed by atoms with Gasteiger partial charge in [0.25, 0.3) is 0 Å². The number of aliphatic carboxylic acids is 1. The van der Waals surface area contributed by atoms with Crippen LogP contribution in [-0.4, -0.2) is 29.9 Å². The Bertz CT molecular complexity index is 1430. The predicted molar refractivity (Wildman–Crippen MR) is 146 cm³/mol. The van der Waals surface area contributed by atoms with Gasteiger partial charge in [-0.3, -0.25) is 19.3 Å². The average molecular weight is 531 g/mol. The summed E-state index contributed by atoms with van der Waals surface area (Å²) in [7, 11) is 1.56. The molecule has 0 saturated carbocycles. The van der Waals surface area contributed by atoms with Crippen LogP contribution in [0.4, 0.5) is 11.4 Å². The van der Waals surface area contributed by atoms with Crippen LogP contribution in [0.3, 0.4) is 0 Å². The van der Waals surface area contributed by atoms with Gasteiger partial charge in [0.2, 0.25) is 5.91 Å². The number of hydrogen-bond donors (Lipinski definition) is 2. The number of nitrogens with zero attached hydrogens (tertiary/aromatic N) is 1. The predicted octanol–water partition coefficient (Wildman–Crippen LogP) is 6.11. The normalized spacial score (nSPS) is 18.7. The van der Waals surface area contributed by atoms with Crippen molar-refractivity contribution in [2.24, 2.45) is 0 Å². The number of carboxylic acid groups (broad SMARTS) is 1. The van der Waals surface area contributed by atoms with Gasteiger partial charge in [-0.05, 0) is 59.9 Å². The number of anilines is 2. The first kappa shape index (κ1) is 25.5. The summed E-state index contributed by atoms with van der Waals surface area (Å²) >= 11 is 6.10. The first-order chi connectivity index (χ1) is 18.4. The highest BCUT2D eigenvalue weighted by atomic mass is 35.5. The molecule has 3 aromatic rings. The van der Waals surface area contributed by atoms with Crippen LogP contribution < -0.4 is 15.0 Å². The number of Topliss-reactive ketones (excluding diaryl/α,β-unsaturated/α-hetero) is 1. The largest absolute Gasteiger partial charge is 0.497 e. The lowest BCUT2D eigenvalue weighted by molar-refractivity contribution is -0.138. The molecule has 0 aromatic heterocycles. The molecule has 1 aliphatic heterocycles. The number of benzene rings is 3. The summed E-state index contributed by atoms with van der Waals surface area (Å²) < 4.78 is 5.46. The Hall–Kier alpha value is -4.10. The molecule has 2 N–H and O–H groups in total. The van der Waals surface area contributed by atoms with Gasteiger partial charge in [0.05, 0.1) is 30.9 Å². The highest BCUT2D eigenvalue weighted by Crippen LogP contribution is 2.48. The molecule has 5 rings (SSSR count). The van der Waals surface area contributed by atoms with Gasteiger partial charge in [-0.25, -0.2) is 0 Å². The van der Waals surface area contributed by atoms with Gasteiger partial charge in [-0.15, -0.1) is 0 Å². The Morgan fingerprint density at radius 1 is 1.00 bits per heavy atom. The van der Waals surface area contributed by atoms with E-state index in [2.05, 4.69) is 5.32 Å². The third kappa shape index (κ3) is 5.02. The molecule has 2 aliphatic rings. The zero-order chi connectivity index (χ0) is 26.8. The summed E-state index contributed by atoms with van der Waals surface area (Å²) in [5.74, 6) is -0.975. The molecule has 0 saturated heterocycles. The molecule has 1 heterocycles. The number of carboxylic acids is 1. The van der Waals surface area contributed by atoms with Crippen molar-refractivity contribution >= 4 is 40.6 Å². The minimum Gasteiger partial charge on any atom is -0.497 e. The highest BCUT2D eigenvalue weighted by Gasteiger charge is 2.41. The molecule has 38 heavy (non-hydrogen) atoms. The van der Waals surface area contributed by atoms with Crippen molar-refractivity contribution in [2.75, 3.05) is 17.3 Å². The number of allylic oxidation sites excluding steroid dienone is 1. The van der Waals surface area contributed by atoms with Crippen molar-refractivity contribution in [1.82, 2.24) is 0 Å². The lowest BCUT2D eigenvalue weighted by Crippen LogP contribution is -2.38. The van der Waals surface area contributed by atoms with Crippen LogP contribution >= 0.6 is 11.6 Å². The van der Waals surface area contributed by atoms with E-state index < -0.39 is 12.0 Å². The minimum absolute atomic E-state index is 0.0570. The van der Waals surface area contributed by atoms with Crippen LogP contribution in [0.5, 0.6) is 5.75 Å². The summed E-state index contributed by atoms with van der Waals surface area (Å²) in [5, 5.41) is 13.4. The standard InChI is InChI=1S/C30H27ClN2O5/c1-38-22-6-4-5-19(15-22)30-29-24(16-20(17-26(29)34)18-9-11-21(31)12-10-18)32-23-7-2-3-8-25(23)33(30)27(35)13-14-28(36)37/h2-12,15,20,30,32H,13-14,16-17H2,1H3,(H,36,37)/t20-,30-/m1/s1. The van der Waals surface area contributed by atoms with Crippen LogP contribution in [-0.2, 0) is 14.4 Å². The van der Waals surface area contributed by atoms with Crippen molar-refractivity contribution in [1.29, 1.82) is 0 Å². The smallest absolute Gasteiger partial charge is 0.303 e. The van der Waals surface area contributed by atoms with Crippen LogP contribution in [0, 0.1) is 0 Å². The van der Waals surface area contributed by atoms with E-state index in [4.69, 9.17) is 16.3 Å². The summed E-state index contributed by atoms with van der Waals surface area (Å²) in [6.45, 7) is 0. The van der Waals surface area contributed by atoms with E-state index in [-0.39, 0.29) is 36.9 Å². The number of halogens is 1. The van der Waals surface area contributed by atoms with Crippen LogP contribution in [0.1, 0.15) is 48.8 Å². The van der Waals surface area contributed by atoms with E-state index >= 15 is 0 Å². The molecule has 1 amide bonds. The Kier molecular flexibility index (Phi) is 7.20. The van der Waals surface area contributed by atoms with Crippen LogP contribution in [0.2, 0.25) is 5.02 Å².